The summed E-state index contributed by atoms with van der Waals surface area (Å²) in [5.74, 6) is 0.0949. The zero-order valence-corrected chi connectivity index (χ0v) is 10.5. The van der Waals surface area contributed by atoms with Crippen LogP contribution in [-0.2, 0) is 14.3 Å². The van der Waals surface area contributed by atoms with Crippen molar-refractivity contribution in [2.45, 2.75) is 18.6 Å². The number of carbonyl (C=O) groups excluding carboxylic acids is 1. The molecule has 0 aromatic carbocycles. The number of hydrogen-bond donors (Lipinski definition) is 2. The van der Waals surface area contributed by atoms with Crippen LogP contribution in [-0.4, -0.2) is 75.1 Å². The number of likely N-dealkylation sites (N-methyl/N-ethyl adjacent to an activating group) is 1. The van der Waals surface area contributed by atoms with E-state index in [1.807, 2.05) is 0 Å². The third-order valence-electron chi connectivity index (χ3n) is 2.77. The molecule has 1 fully saturated rings. The number of ether oxygens (including phenoxy) is 2. The van der Waals surface area contributed by atoms with Gasteiger partial charge in [-0.05, 0) is 6.42 Å². The fourth-order valence-electron chi connectivity index (χ4n) is 1.71. The normalized spacial score (nSPS) is 22.2. The Balaban J connectivity index is 2.07. The Labute approximate surface area is 102 Å². The molecule has 1 aliphatic rings. The van der Waals surface area contributed by atoms with E-state index in [4.69, 9.17) is 9.47 Å². The van der Waals surface area contributed by atoms with E-state index in [9.17, 15) is 9.90 Å². The summed E-state index contributed by atoms with van der Waals surface area (Å²) in [6.07, 6.45) is 0.206. The van der Waals surface area contributed by atoms with E-state index in [1.165, 1.54) is 0 Å². The number of nitrogens with zero attached hydrogens (tertiary/aromatic N) is 1. The van der Waals surface area contributed by atoms with Gasteiger partial charge in [0, 0.05) is 27.2 Å². The lowest BCUT2D eigenvalue weighted by Gasteiger charge is -2.15. The van der Waals surface area contributed by atoms with Crippen LogP contribution in [0.3, 0.4) is 0 Å². The van der Waals surface area contributed by atoms with E-state index in [-0.39, 0.29) is 18.6 Å². The molecule has 1 aliphatic heterocycles. The van der Waals surface area contributed by atoms with Gasteiger partial charge < -0.3 is 24.8 Å². The van der Waals surface area contributed by atoms with E-state index in [0.717, 1.165) is 13.0 Å². The van der Waals surface area contributed by atoms with Gasteiger partial charge in [-0.15, -0.1) is 0 Å². The lowest BCUT2D eigenvalue weighted by atomic mass is 10.2. The molecule has 1 saturated heterocycles. The molecule has 1 heterocycles. The Morgan fingerprint density at radius 1 is 1.59 bits per heavy atom. The molecule has 2 atom stereocenters. The molecule has 6 nitrogen and oxygen atoms in total. The third-order valence-corrected chi connectivity index (χ3v) is 2.77. The first-order chi connectivity index (χ1) is 8.15. The molecular weight excluding hydrogens is 224 g/mol. The molecule has 1 amide bonds. The van der Waals surface area contributed by atoms with E-state index in [0.29, 0.717) is 19.8 Å². The Bertz CT molecular complexity index is 238. The molecule has 0 radical (unpaired) electrons. The van der Waals surface area contributed by atoms with Crippen LogP contribution in [0.15, 0.2) is 0 Å². The molecule has 2 N–H and O–H groups in total. The van der Waals surface area contributed by atoms with Gasteiger partial charge in [-0.2, -0.15) is 0 Å². The summed E-state index contributed by atoms with van der Waals surface area (Å²) in [4.78, 5) is 13.2. The summed E-state index contributed by atoms with van der Waals surface area (Å²) in [6, 6.07) is -0.159. The molecule has 0 aromatic rings. The highest BCUT2D eigenvalue weighted by molar-refractivity contribution is 5.83. The van der Waals surface area contributed by atoms with Crippen LogP contribution in [0.4, 0.5) is 0 Å². The predicted octanol–water partition coefficient (Wildman–Crippen LogP) is -1.17. The summed E-state index contributed by atoms with van der Waals surface area (Å²) in [7, 11) is 3.39. The van der Waals surface area contributed by atoms with E-state index in [2.05, 4.69) is 5.32 Å². The van der Waals surface area contributed by atoms with E-state index in [1.54, 1.807) is 19.1 Å². The van der Waals surface area contributed by atoms with Crippen LogP contribution in [0.5, 0.6) is 0 Å². The van der Waals surface area contributed by atoms with Crippen molar-refractivity contribution in [1.82, 2.24) is 10.2 Å². The molecule has 6 heteroatoms. The maximum Gasteiger partial charge on any atom is 0.239 e. The van der Waals surface area contributed by atoms with Crippen molar-refractivity contribution >= 4 is 5.91 Å². The molecule has 0 bridgehead atoms. The largest absolute Gasteiger partial charge is 0.389 e. The maximum absolute atomic E-state index is 11.6. The molecule has 100 valence electrons. The minimum Gasteiger partial charge on any atom is -0.389 e. The topological polar surface area (TPSA) is 71.0 Å². The van der Waals surface area contributed by atoms with Gasteiger partial charge in [0.25, 0.3) is 0 Å². The van der Waals surface area contributed by atoms with Gasteiger partial charge in [0.2, 0.25) is 5.91 Å². The van der Waals surface area contributed by atoms with Crippen molar-refractivity contribution in [3.05, 3.63) is 0 Å². The number of methoxy groups -OCH3 is 1. The molecule has 1 rings (SSSR count). The van der Waals surface area contributed by atoms with Gasteiger partial charge in [-0.3, -0.25) is 4.79 Å². The third kappa shape index (κ3) is 4.99. The van der Waals surface area contributed by atoms with Crippen LogP contribution < -0.4 is 5.32 Å². The first-order valence-electron chi connectivity index (χ1n) is 5.88. The van der Waals surface area contributed by atoms with Crippen LogP contribution >= 0.6 is 0 Å². The van der Waals surface area contributed by atoms with Gasteiger partial charge in [0.1, 0.15) is 0 Å². The SMILES string of the molecule is COCCOCC(O)CNC1CCN(C)C1=O. The standard InChI is InChI=1S/C11H22N2O4/c1-13-4-3-10(11(13)15)12-7-9(14)8-17-6-5-16-2/h9-10,12,14H,3-8H2,1-2H3. The summed E-state index contributed by atoms with van der Waals surface area (Å²) in [5.41, 5.74) is 0. The fourth-order valence-corrected chi connectivity index (χ4v) is 1.71. The number of nitrogens with one attached hydrogen (secondary N) is 1. The zero-order chi connectivity index (χ0) is 12.7. The lowest BCUT2D eigenvalue weighted by molar-refractivity contribution is -0.128. The molecule has 0 aliphatic carbocycles. The Morgan fingerprint density at radius 2 is 2.35 bits per heavy atom. The summed E-state index contributed by atoms with van der Waals surface area (Å²) in [6.45, 7) is 2.39. The van der Waals surface area contributed by atoms with Gasteiger partial charge in [0.15, 0.2) is 0 Å². The average molecular weight is 246 g/mol. The smallest absolute Gasteiger partial charge is 0.239 e. The summed E-state index contributed by atoms with van der Waals surface area (Å²) in [5, 5.41) is 12.7. The second-order valence-corrected chi connectivity index (χ2v) is 4.23. The van der Waals surface area contributed by atoms with Crippen molar-refractivity contribution < 1.29 is 19.4 Å². The van der Waals surface area contributed by atoms with Crippen molar-refractivity contribution in [2.75, 3.05) is 47.1 Å². The van der Waals surface area contributed by atoms with Gasteiger partial charge in [-0.25, -0.2) is 0 Å². The number of aliphatic hydroxyl groups is 1. The number of hydrogen-bond acceptors (Lipinski definition) is 5. The lowest BCUT2D eigenvalue weighted by Crippen LogP contribution is -2.41. The molecule has 0 saturated carbocycles. The number of aliphatic hydroxyl groups excluding tert-OH is 1. The quantitative estimate of drug-likeness (QED) is 0.528. The Morgan fingerprint density at radius 3 is 2.94 bits per heavy atom. The molecular formula is C11H22N2O4. The highest BCUT2D eigenvalue weighted by Gasteiger charge is 2.28. The second-order valence-electron chi connectivity index (χ2n) is 4.23. The highest BCUT2D eigenvalue weighted by Crippen LogP contribution is 2.08. The highest BCUT2D eigenvalue weighted by atomic mass is 16.5. The van der Waals surface area contributed by atoms with Crippen molar-refractivity contribution in [3.8, 4) is 0 Å². The van der Waals surface area contributed by atoms with Crippen molar-refractivity contribution in [2.24, 2.45) is 0 Å². The number of likely N-dealkylation sites (tertiary alicyclic amines) is 1. The monoisotopic (exact) mass is 246 g/mol. The second kappa shape index (κ2) is 7.60. The first kappa shape index (κ1) is 14.4. The minimum atomic E-state index is -0.592. The first-order valence-corrected chi connectivity index (χ1v) is 5.88. The van der Waals surface area contributed by atoms with Gasteiger partial charge >= 0.3 is 0 Å². The van der Waals surface area contributed by atoms with Crippen LogP contribution in [0, 0.1) is 0 Å². The summed E-state index contributed by atoms with van der Waals surface area (Å²) >= 11 is 0. The molecule has 17 heavy (non-hydrogen) atoms. The predicted molar refractivity (Wildman–Crippen MR) is 62.7 cm³/mol. The number of amides is 1. The van der Waals surface area contributed by atoms with E-state index >= 15 is 0 Å². The van der Waals surface area contributed by atoms with Gasteiger partial charge in [0.05, 0.1) is 32.0 Å². The Hall–Kier alpha value is -0.690. The minimum absolute atomic E-state index is 0.0949. The van der Waals surface area contributed by atoms with Crippen LogP contribution in [0.2, 0.25) is 0 Å². The van der Waals surface area contributed by atoms with Crippen molar-refractivity contribution in [3.63, 3.8) is 0 Å². The maximum atomic E-state index is 11.6. The fraction of sp³-hybridized carbons (Fsp3) is 0.909. The van der Waals surface area contributed by atoms with Crippen molar-refractivity contribution in [1.29, 1.82) is 0 Å². The molecule has 0 aromatic heterocycles. The molecule has 2 unspecified atom stereocenters. The van der Waals surface area contributed by atoms with Crippen LogP contribution in [0.25, 0.3) is 0 Å². The zero-order valence-electron chi connectivity index (χ0n) is 10.5. The van der Waals surface area contributed by atoms with E-state index < -0.39 is 6.10 Å². The molecule has 0 spiro atoms. The van der Waals surface area contributed by atoms with Gasteiger partial charge in [-0.1, -0.05) is 0 Å². The number of carbonyl (C=O) groups is 1. The average Bonchev–Trinajstić information content (AvgIpc) is 2.63. The van der Waals surface area contributed by atoms with Crippen LogP contribution in [0.1, 0.15) is 6.42 Å². The Kier molecular flexibility index (Phi) is 6.43. The summed E-state index contributed by atoms with van der Waals surface area (Å²) < 4.78 is 10.0. The number of rotatable bonds is 8.